The molecule has 0 aliphatic rings. The van der Waals surface area contributed by atoms with E-state index < -0.39 is 6.36 Å². The number of benzene rings is 2. The van der Waals surface area contributed by atoms with Gasteiger partial charge in [-0.1, -0.05) is 31.2 Å². The highest BCUT2D eigenvalue weighted by Gasteiger charge is 2.30. The molecule has 0 radical (unpaired) electrons. The van der Waals surface area contributed by atoms with Gasteiger partial charge in [-0.15, -0.1) is 13.2 Å². The molecule has 1 atom stereocenters. The fourth-order valence-electron chi connectivity index (χ4n) is 2.13. The molecular formula is C18H20F3N3O. The summed E-state index contributed by atoms with van der Waals surface area (Å²) in [5, 5.41) is 4.05. The van der Waals surface area contributed by atoms with Crippen LogP contribution in [0.3, 0.4) is 0 Å². The fraction of sp³-hybridized carbons (Fsp3) is 0.278. The van der Waals surface area contributed by atoms with E-state index in [-0.39, 0.29) is 11.8 Å². The average Bonchev–Trinajstić information content (AvgIpc) is 2.58. The molecule has 0 bridgehead atoms. The molecular weight excluding hydrogens is 331 g/mol. The molecule has 4 nitrogen and oxygen atoms in total. The Balaban J connectivity index is 1.83. The molecule has 0 saturated carbocycles. The molecule has 0 heterocycles. The molecule has 2 aromatic rings. The predicted octanol–water partition coefficient (Wildman–Crippen LogP) is 4.12. The summed E-state index contributed by atoms with van der Waals surface area (Å²) in [6, 6.07) is 13.5. The average molecular weight is 351 g/mol. The SMILES string of the molecule is CCC(N)c1ccc(CN/N=C/c2ccc(OC(F)(F)F)cc2)cc1. The normalized spacial score (nSPS) is 13.0. The Bertz CT molecular complexity index is 682. The Hall–Kier alpha value is -2.54. The van der Waals surface area contributed by atoms with E-state index in [4.69, 9.17) is 5.73 Å². The molecule has 0 aromatic heterocycles. The van der Waals surface area contributed by atoms with E-state index in [1.807, 2.05) is 31.2 Å². The van der Waals surface area contributed by atoms with Crippen molar-refractivity contribution >= 4 is 6.21 Å². The Labute approximate surface area is 144 Å². The number of nitrogens with two attached hydrogens (primary N) is 1. The lowest BCUT2D eigenvalue weighted by Crippen LogP contribution is -2.17. The lowest BCUT2D eigenvalue weighted by atomic mass is 10.0. The molecule has 0 spiro atoms. The van der Waals surface area contributed by atoms with E-state index in [2.05, 4.69) is 15.3 Å². The molecule has 25 heavy (non-hydrogen) atoms. The molecule has 0 aliphatic heterocycles. The topological polar surface area (TPSA) is 59.6 Å². The van der Waals surface area contributed by atoms with Gasteiger partial charge in [0, 0.05) is 6.04 Å². The molecule has 0 amide bonds. The quantitative estimate of drug-likeness (QED) is 0.583. The number of alkyl halides is 3. The van der Waals surface area contributed by atoms with Gasteiger partial charge in [-0.05, 0) is 47.4 Å². The van der Waals surface area contributed by atoms with Crippen LogP contribution in [-0.4, -0.2) is 12.6 Å². The van der Waals surface area contributed by atoms with Crippen LogP contribution >= 0.6 is 0 Å². The lowest BCUT2D eigenvalue weighted by Gasteiger charge is -2.09. The number of hydrazone groups is 1. The van der Waals surface area contributed by atoms with Crippen molar-refractivity contribution in [3.05, 3.63) is 65.2 Å². The first-order valence-electron chi connectivity index (χ1n) is 7.83. The second-order valence-electron chi connectivity index (χ2n) is 5.47. The third-order valence-electron chi connectivity index (χ3n) is 3.55. The summed E-state index contributed by atoms with van der Waals surface area (Å²) >= 11 is 0. The summed E-state index contributed by atoms with van der Waals surface area (Å²) in [5.41, 5.74) is 11.7. The monoisotopic (exact) mass is 351 g/mol. The van der Waals surface area contributed by atoms with Crippen molar-refractivity contribution in [1.29, 1.82) is 0 Å². The van der Waals surface area contributed by atoms with Gasteiger partial charge in [-0.3, -0.25) is 0 Å². The molecule has 1 unspecified atom stereocenters. The van der Waals surface area contributed by atoms with Crippen LogP contribution < -0.4 is 15.9 Å². The van der Waals surface area contributed by atoms with Gasteiger partial charge in [0.1, 0.15) is 5.75 Å². The third-order valence-corrected chi connectivity index (χ3v) is 3.55. The first-order valence-corrected chi connectivity index (χ1v) is 7.83. The number of nitrogens with zero attached hydrogens (tertiary/aromatic N) is 1. The Morgan fingerprint density at radius 2 is 1.76 bits per heavy atom. The van der Waals surface area contributed by atoms with Crippen LogP contribution in [0.5, 0.6) is 5.75 Å². The molecule has 0 aliphatic carbocycles. The minimum Gasteiger partial charge on any atom is -0.406 e. The van der Waals surface area contributed by atoms with Gasteiger partial charge in [0.15, 0.2) is 0 Å². The van der Waals surface area contributed by atoms with Gasteiger partial charge in [0.2, 0.25) is 0 Å². The first-order chi connectivity index (χ1) is 11.9. The van der Waals surface area contributed by atoms with Gasteiger partial charge < -0.3 is 15.9 Å². The van der Waals surface area contributed by atoms with E-state index >= 15 is 0 Å². The highest BCUT2D eigenvalue weighted by molar-refractivity contribution is 5.79. The van der Waals surface area contributed by atoms with Crippen LogP contribution in [0.4, 0.5) is 13.2 Å². The Kier molecular flexibility index (Phi) is 6.41. The number of hydrogen-bond acceptors (Lipinski definition) is 4. The molecule has 7 heteroatoms. The summed E-state index contributed by atoms with van der Waals surface area (Å²) in [5.74, 6) is -0.261. The second-order valence-corrected chi connectivity index (χ2v) is 5.47. The van der Waals surface area contributed by atoms with Crippen molar-refractivity contribution in [2.24, 2.45) is 10.8 Å². The number of rotatable bonds is 7. The molecule has 3 N–H and O–H groups in total. The Morgan fingerprint density at radius 3 is 2.32 bits per heavy atom. The maximum atomic E-state index is 12.1. The van der Waals surface area contributed by atoms with Crippen molar-refractivity contribution in [3.8, 4) is 5.75 Å². The van der Waals surface area contributed by atoms with Crippen molar-refractivity contribution < 1.29 is 17.9 Å². The van der Waals surface area contributed by atoms with Crippen molar-refractivity contribution in [1.82, 2.24) is 5.43 Å². The summed E-state index contributed by atoms with van der Waals surface area (Å²) < 4.78 is 40.0. The number of halogens is 3. The van der Waals surface area contributed by atoms with E-state index in [9.17, 15) is 13.2 Å². The zero-order valence-corrected chi connectivity index (χ0v) is 13.8. The third kappa shape index (κ3) is 6.46. The minimum absolute atomic E-state index is 0.0457. The largest absolute Gasteiger partial charge is 0.573 e. The van der Waals surface area contributed by atoms with E-state index in [1.54, 1.807) is 0 Å². The smallest absolute Gasteiger partial charge is 0.406 e. The summed E-state index contributed by atoms with van der Waals surface area (Å²) in [6.45, 7) is 2.57. The van der Waals surface area contributed by atoms with Crippen LogP contribution in [0.25, 0.3) is 0 Å². The number of ether oxygens (including phenoxy) is 1. The standard InChI is InChI=1S/C18H20F3N3O/c1-2-17(22)15-7-3-13(4-8-15)11-23-24-12-14-5-9-16(10-6-14)25-18(19,20)21/h3-10,12,17,23H,2,11,22H2,1H3/b24-12+. The van der Waals surface area contributed by atoms with Gasteiger partial charge in [-0.25, -0.2) is 0 Å². The number of nitrogens with one attached hydrogen (secondary N) is 1. The zero-order valence-electron chi connectivity index (χ0n) is 13.8. The maximum Gasteiger partial charge on any atom is 0.573 e. The second kappa shape index (κ2) is 8.53. The maximum absolute atomic E-state index is 12.1. The van der Waals surface area contributed by atoms with Gasteiger partial charge in [0.05, 0.1) is 12.8 Å². The summed E-state index contributed by atoms with van der Waals surface area (Å²) in [4.78, 5) is 0. The summed E-state index contributed by atoms with van der Waals surface area (Å²) in [6.07, 6.45) is -2.28. The van der Waals surface area contributed by atoms with Crippen LogP contribution in [0.15, 0.2) is 53.6 Å². The summed E-state index contributed by atoms with van der Waals surface area (Å²) in [7, 11) is 0. The lowest BCUT2D eigenvalue weighted by molar-refractivity contribution is -0.274. The van der Waals surface area contributed by atoms with Crippen molar-refractivity contribution in [2.75, 3.05) is 0 Å². The number of hydrogen-bond donors (Lipinski definition) is 2. The molecule has 2 aromatic carbocycles. The van der Waals surface area contributed by atoms with Crippen LogP contribution in [0.1, 0.15) is 36.1 Å². The van der Waals surface area contributed by atoms with Crippen molar-refractivity contribution in [3.63, 3.8) is 0 Å². The first kappa shape index (κ1) is 18.8. The van der Waals surface area contributed by atoms with E-state index in [0.717, 1.165) is 17.5 Å². The van der Waals surface area contributed by atoms with Gasteiger partial charge >= 0.3 is 6.36 Å². The van der Waals surface area contributed by atoms with E-state index in [0.29, 0.717) is 12.1 Å². The van der Waals surface area contributed by atoms with Crippen LogP contribution in [0.2, 0.25) is 0 Å². The van der Waals surface area contributed by atoms with E-state index in [1.165, 1.54) is 30.5 Å². The van der Waals surface area contributed by atoms with Gasteiger partial charge in [0.25, 0.3) is 0 Å². The fourth-order valence-corrected chi connectivity index (χ4v) is 2.13. The van der Waals surface area contributed by atoms with Crippen LogP contribution in [-0.2, 0) is 6.54 Å². The van der Waals surface area contributed by atoms with Crippen molar-refractivity contribution in [2.45, 2.75) is 32.3 Å². The predicted molar refractivity (Wildman–Crippen MR) is 91.2 cm³/mol. The Morgan fingerprint density at radius 1 is 1.12 bits per heavy atom. The zero-order chi connectivity index (χ0) is 18.3. The molecule has 134 valence electrons. The molecule has 2 rings (SSSR count). The van der Waals surface area contributed by atoms with Gasteiger partial charge in [-0.2, -0.15) is 5.10 Å². The molecule has 0 saturated heterocycles. The minimum atomic E-state index is -4.69. The highest BCUT2D eigenvalue weighted by atomic mass is 19.4. The highest BCUT2D eigenvalue weighted by Crippen LogP contribution is 2.22. The van der Waals surface area contributed by atoms with Crippen LogP contribution in [0, 0.1) is 0 Å². The molecule has 0 fully saturated rings.